The molecule has 30 heavy (non-hydrogen) atoms. The summed E-state index contributed by atoms with van der Waals surface area (Å²) in [5.74, 6) is 0.525. The smallest absolute Gasteiger partial charge is 0.192 e. The lowest BCUT2D eigenvalue weighted by atomic mass is 10.1. The number of nitrogen functional groups attached to an aromatic ring is 1. The Bertz CT molecular complexity index is 1100. The van der Waals surface area contributed by atoms with E-state index in [9.17, 15) is 0 Å². The number of hydrogen-bond donors (Lipinski definition) is 1. The van der Waals surface area contributed by atoms with E-state index in [1.54, 1.807) is 0 Å². The Morgan fingerprint density at radius 1 is 0.867 bits per heavy atom. The largest absolute Gasteiger partial charge is 0.412 e. The number of hydrogen-bond acceptors (Lipinski definition) is 3. The molecule has 3 nitrogen and oxygen atoms in total. The van der Waals surface area contributed by atoms with Crippen molar-refractivity contribution >= 4 is 26.3 Å². The summed E-state index contributed by atoms with van der Waals surface area (Å²) in [6, 6.07) is 20.5. The van der Waals surface area contributed by atoms with Gasteiger partial charge in [-0.25, -0.2) is 4.98 Å². The Morgan fingerprint density at radius 3 is 1.87 bits per heavy atom. The van der Waals surface area contributed by atoms with Gasteiger partial charge < -0.3 is 10.2 Å². The molecule has 0 bridgehead atoms. The highest BCUT2D eigenvalue weighted by Crippen LogP contribution is 2.36. The van der Waals surface area contributed by atoms with Crippen LogP contribution >= 0.6 is 0 Å². The van der Waals surface area contributed by atoms with Crippen LogP contribution in [-0.2, 0) is 11.0 Å². The molecule has 0 saturated carbocycles. The van der Waals surface area contributed by atoms with Gasteiger partial charge in [0.2, 0.25) is 0 Å². The van der Waals surface area contributed by atoms with Crippen molar-refractivity contribution in [2.45, 2.75) is 45.5 Å². The van der Waals surface area contributed by atoms with E-state index in [0.29, 0.717) is 12.4 Å². The predicted molar refractivity (Wildman–Crippen MR) is 130 cm³/mol. The number of rotatable bonds is 5. The van der Waals surface area contributed by atoms with Crippen LogP contribution in [0.25, 0.3) is 12.2 Å². The van der Waals surface area contributed by atoms with Crippen molar-refractivity contribution in [1.82, 2.24) is 4.98 Å². The molecule has 2 N–H and O–H groups in total. The number of benzene rings is 2. The summed E-state index contributed by atoms with van der Waals surface area (Å²) < 4.78 is 6.53. The lowest BCUT2D eigenvalue weighted by molar-refractivity contribution is 0.275. The Hall–Kier alpha value is -2.69. The van der Waals surface area contributed by atoms with Gasteiger partial charge in [-0.15, -0.1) is 0 Å². The Morgan fingerprint density at radius 2 is 1.37 bits per heavy atom. The monoisotopic (exact) mass is 416 g/mol. The van der Waals surface area contributed by atoms with Gasteiger partial charge in [-0.05, 0) is 46.6 Å². The van der Waals surface area contributed by atoms with Crippen molar-refractivity contribution in [2.24, 2.45) is 0 Å². The maximum Gasteiger partial charge on any atom is 0.192 e. The molecule has 3 rings (SSSR count). The lowest BCUT2D eigenvalue weighted by Crippen LogP contribution is -2.42. The zero-order chi connectivity index (χ0) is 21.8. The van der Waals surface area contributed by atoms with Crippen LogP contribution in [0.2, 0.25) is 18.1 Å². The van der Waals surface area contributed by atoms with E-state index in [0.717, 1.165) is 27.1 Å². The zero-order valence-corrected chi connectivity index (χ0v) is 19.6. The van der Waals surface area contributed by atoms with E-state index in [4.69, 9.17) is 10.2 Å². The number of pyridine rings is 1. The Labute approximate surface area is 181 Å². The summed E-state index contributed by atoms with van der Waals surface area (Å²) in [7, 11) is -1.89. The van der Waals surface area contributed by atoms with E-state index < -0.39 is 8.32 Å². The summed E-state index contributed by atoms with van der Waals surface area (Å²) in [5, 5.41) is 2.15. The maximum atomic E-state index is 6.53. The van der Waals surface area contributed by atoms with Crippen LogP contribution < -0.4 is 16.2 Å². The van der Waals surface area contributed by atoms with Crippen LogP contribution in [0.4, 0.5) is 5.82 Å². The third kappa shape index (κ3) is 5.26. The van der Waals surface area contributed by atoms with Crippen molar-refractivity contribution in [2.75, 3.05) is 5.73 Å². The van der Waals surface area contributed by atoms with Gasteiger partial charge in [0.25, 0.3) is 0 Å². The highest BCUT2D eigenvalue weighted by Gasteiger charge is 2.37. The minimum absolute atomic E-state index is 0.149. The molecular weight excluding hydrogens is 384 g/mol. The molecule has 0 spiro atoms. The van der Waals surface area contributed by atoms with E-state index >= 15 is 0 Å². The summed E-state index contributed by atoms with van der Waals surface area (Å²) >= 11 is 0. The molecule has 0 amide bonds. The molecule has 0 aliphatic rings. The van der Waals surface area contributed by atoms with E-state index in [1.807, 2.05) is 42.6 Å². The molecule has 0 atom stereocenters. The fraction of sp³-hybridized carbons (Fsp3) is 0.269. The SMILES string of the molecule is CC(C)(C)[Si](C)(C)OCc1cnc(N)c(=Cc2ccccc2)c1=Cc1ccccc1. The maximum absolute atomic E-state index is 6.53. The molecule has 4 heteroatoms. The van der Waals surface area contributed by atoms with Crippen molar-refractivity contribution in [1.29, 1.82) is 0 Å². The quantitative estimate of drug-likeness (QED) is 0.605. The van der Waals surface area contributed by atoms with Gasteiger partial charge in [0.15, 0.2) is 8.32 Å². The van der Waals surface area contributed by atoms with Gasteiger partial charge in [-0.2, -0.15) is 0 Å². The number of anilines is 1. The standard InChI is InChI=1S/C26H32N2OSi/c1-26(2,3)30(4,5)29-19-22-18-28-25(27)24(17-21-14-10-7-11-15-21)23(22)16-20-12-8-6-9-13-20/h6-18H,19H2,1-5H3,(H2,27,28). The summed E-state index contributed by atoms with van der Waals surface area (Å²) in [5.41, 5.74) is 9.62. The van der Waals surface area contributed by atoms with Crippen LogP contribution in [-0.4, -0.2) is 13.3 Å². The fourth-order valence-electron chi connectivity index (χ4n) is 2.94. The third-order valence-corrected chi connectivity index (χ3v) is 10.4. The van der Waals surface area contributed by atoms with E-state index in [1.165, 1.54) is 0 Å². The number of aromatic nitrogens is 1. The Kier molecular flexibility index (Phi) is 6.59. The van der Waals surface area contributed by atoms with Crippen LogP contribution in [0.1, 0.15) is 37.5 Å². The van der Waals surface area contributed by atoms with Crippen LogP contribution in [0.5, 0.6) is 0 Å². The van der Waals surface area contributed by atoms with Crippen molar-refractivity contribution in [3.63, 3.8) is 0 Å². The van der Waals surface area contributed by atoms with Crippen molar-refractivity contribution < 1.29 is 4.43 Å². The molecule has 0 aliphatic carbocycles. The molecule has 0 unspecified atom stereocenters. The second-order valence-electron chi connectivity index (χ2n) is 9.16. The minimum Gasteiger partial charge on any atom is -0.412 e. The molecule has 1 aromatic heterocycles. The average Bonchev–Trinajstić information content (AvgIpc) is 2.71. The number of nitrogens with two attached hydrogens (primary N) is 1. The molecule has 0 fully saturated rings. The minimum atomic E-state index is -1.89. The second-order valence-corrected chi connectivity index (χ2v) is 14.0. The van der Waals surface area contributed by atoms with Crippen molar-refractivity contribution in [3.8, 4) is 0 Å². The van der Waals surface area contributed by atoms with Gasteiger partial charge in [-0.1, -0.05) is 81.4 Å². The topological polar surface area (TPSA) is 48.1 Å². The van der Waals surface area contributed by atoms with Gasteiger partial charge in [0.1, 0.15) is 5.82 Å². The van der Waals surface area contributed by atoms with E-state index in [2.05, 4.69) is 75.3 Å². The molecule has 1 heterocycles. The molecule has 0 saturated heterocycles. The summed E-state index contributed by atoms with van der Waals surface area (Å²) in [6.45, 7) is 11.8. The summed E-state index contributed by atoms with van der Waals surface area (Å²) in [6.07, 6.45) is 6.14. The first-order valence-electron chi connectivity index (χ1n) is 10.4. The normalized spacial score (nSPS) is 13.6. The van der Waals surface area contributed by atoms with Crippen LogP contribution in [0, 0.1) is 0 Å². The van der Waals surface area contributed by atoms with Crippen LogP contribution in [0.3, 0.4) is 0 Å². The molecular formula is C26H32N2OSi. The molecule has 2 aromatic carbocycles. The predicted octanol–water partition coefficient (Wildman–Crippen LogP) is 4.84. The summed E-state index contributed by atoms with van der Waals surface area (Å²) in [4.78, 5) is 4.50. The molecule has 3 aromatic rings. The molecule has 0 radical (unpaired) electrons. The van der Waals surface area contributed by atoms with E-state index in [-0.39, 0.29) is 5.04 Å². The van der Waals surface area contributed by atoms with Gasteiger partial charge >= 0.3 is 0 Å². The first kappa shape index (κ1) is 22.0. The first-order valence-corrected chi connectivity index (χ1v) is 13.3. The number of nitrogens with zero attached hydrogens (tertiary/aromatic N) is 1. The first-order chi connectivity index (χ1) is 14.2. The fourth-order valence-corrected chi connectivity index (χ4v) is 3.89. The highest BCUT2D eigenvalue weighted by molar-refractivity contribution is 6.74. The average molecular weight is 417 g/mol. The van der Waals surface area contributed by atoms with Gasteiger partial charge in [-0.3, -0.25) is 0 Å². The zero-order valence-electron chi connectivity index (χ0n) is 18.6. The highest BCUT2D eigenvalue weighted by atomic mass is 28.4. The third-order valence-electron chi connectivity index (χ3n) is 5.89. The van der Waals surface area contributed by atoms with Gasteiger partial charge in [0.05, 0.1) is 6.61 Å². The molecule has 0 aliphatic heterocycles. The molecule has 156 valence electrons. The van der Waals surface area contributed by atoms with Gasteiger partial charge in [0, 0.05) is 17.0 Å². The second kappa shape index (κ2) is 8.98. The lowest BCUT2D eigenvalue weighted by Gasteiger charge is -2.36. The Balaban J connectivity index is 2.17. The van der Waals surface area contributed by atoms with Crippen LogP contribution in [0.15, 0.2) is 66.9 Å². The van der Waals surface area contributed by atoms with Crippen molar-refractivity contribution in [3.05, 3.63) is 94.0 Å².